The minimum Gasteiger partial charge on any atom is -0.343 e. The molecule has 29 heavy (non-hydrogen) atoms. The third-order valence-electron chi connectivity index (χ3n) is 9.89. The smallest absolute Gasteiger partial charge is 0.227 e. The second kappa shape index (κ2) is 6.18. The Balaban J connectivity index is 1.41. The minimum atomic E-state index is -0.760. The van der Waals surface area contributed by atoms with Crippen molar-refractivity contribution in [3.8, 4) is 0 Å². The van der Waals surface area contributed by atoms with Gasteiger partial charge in [0.05, 0.1) is 26.4 Å². The van der Waals surface area contributed by atoms with Gasteiger partial charge in [-0.1, -0.05) is 50.5 Å². The van der Waals surface area contributed by atoms with Crippen molar-refractivity contribution in [1.82, 2.24) is 0 Å². The van der Waals surface area contributed by atoms with Crippen LogP contribution in [0.2, 0.25) is 0 Å². The second-order valence-corrected chi connectivity index (χ2v) is 10.9. The molecule has 0 amide bonds. The van der Waals surface area contributed by atoms with Gasteiger partial charge in [-0.2, -0.15) is 0 Å². The number of allylic oxidation sites excluding steroid dienone is 3. The highest BCUT2D eigenvalue weighted by Gasteiger charge is 2.69. The molecule has 0 unspecified atom stereocenters. The van der Waals surface area contributed by atoms with Gasteiger partial charge < -0.3 is 18.9 Å². The van der Waals surface area contributed by atoms with E-state index in [0.717, 1.165) is 24.7 Å². The molecule has 2 spiro atoms. The Morgan fingerprint density at radius 3 is 2.24 bits per heavy atom. The number of fused-ring (bicyclic) bond motifs is 6. The van der Waals surface area contributed by atoms with Crippen molar-refractivity contribution in [2.45, 2.75) is 77.3 Å². The van der Waals surface area contributed by atoms with Crippen LogP contribution in [0.3, 0.4) is 0 Å². The van der Waals surface area contributed by atoms with Gasteiger partial charge in [-0.3, -0.25) is 0 Å². The van der Waals surface area contributed by atoms with Crippen molar-refractivity contribution in [2.24, 2.45) is 28.6 Å². The van der Waals surface area contributed by atoms with Crippen LogP contribution in [-0.2, 0) is 18.9 Å². The average Bonchev–Trinajstić information content (AvgIpc) is 3.42. The number of hydrogen-bond donors (Lipinski definition) is 0. The maximum absolute atomic E-state index is 6.34. The molecule has 2 aliphatic heterocycles. The summed E-state index contributed by atoms with van der Waals surface area (Å²) in [5.41, 5.74) is 3.76. The van der Waals surface area contributed by atoms with Crippen molar-refractivity contribution < 1.29 is 18.9 Å². The zero-order valence-corrected chi connectivity index (χ0v) is 18.3. The molecule has 0 aromatic rings. The van der Waals surface area contributed by atoms with Crippen LogP contribution in [0, 0.1) is 28.6 Å². The summed E-state index contributed by atoms with van der Waals surface area (Å²) in [7, 11) is 0. The van der Waals surface area contributed by atoms with Gasteiger partial charge in [0.1, 0.15) is 0 Å². The van der Waals surface area contributed by atoms with Crippen LogP contribution >= 0.6 is 0 Å². The molecule has 3 saturated carbocycles. The Bertz CT molecular complexity index is 757. The molecule has 0 aromatic carbocycles. The third-order valence-corrected chi connectivity index (χ3v) is 9.89. The molecule has 4 aliphatic carbocycles. The minimum absolute atomic E-state index is 0.0701. The fraction of sp³-hybridized carbons (Fsp3) is 0.840. The maximum atomic E-state index is 6.34. The van der Waals surface area contributed by atoms with Crippen LogP contribution in [0.4, 0.5) is 0 Å². The van der Waals surface area contributed by atoms with E-state index in [1.165, 1.54) is 37.7 Å². The number of ether oxygens (including phenoxy) is 4. The summed E-state index contributed by atoms with van der Waals surface area (Å²) >= 11 is 0. The van der Waals surface area contributed by atoms with E-state index in [4.69, 9.17) is 18.9 Å². The van der Waals surface area contributed by atoms with Crippen molar-refractivity contribution in [3.05, 3.63) is 23.3 Å². The zero-order valence-electron chi connectivity index (χ0n) is 18.3. The Labute approximate surface area is 175 Å². The Morgan fingerprint density at radius 2 is 1.55 bits per heavy atom. The molecule has 5 fully saturated rings. The van der Waals surface area contributed by atoms with Crippen LogP contribution < -0.4 is 0 Å². The fourth-order valence-electron chi connectivity index (χ4n) is 8.36. The van der Waals surface area contributed by atoms with Crippen molar-refractivity contribution in [2.75, 3.05) is 26.4 Å². The molecule has 2 heterocycles. The molecule has 5 atom stereocenters. The van der Waals surface area contributed by atoms with Gasteiger partial charge in [0.2, 0.25) is 11.6 Å². The molecule has 0 N–H and O–H groups in total. The summed E-state index contributed by atoms with van der Waals surface area (Å²) < 4.78 is 25.1. The van der Waals surface area contributed by atoms with Crippen LogP contribution in [0.1, 0.15) is 65.7 Å². The predicted molar refractivity (Wildman–Crippen MR) is 110 cm³/mol. The van der Waals surface area contributed by atoms with E-state index >= 15 is 0 Å². The summed E-state index contributed by atoms with van der Waals surface area (Å²) in [6, 6.07) is 0. The summed E-state index contributed by atoms with van der Waals surface area (Å²) in [5, 5.41) is 0. The molecule has 0 bridgehead atoms. The Hall–Kier alpha value is -0.680. The SMILES string of the molecule is CC[C@H]1CC[C@H]2C3=CC=C4CC5(OCCO5)C5(C[C@]4(C)[C@H]3CC[C@]12C)OCCO5. The number of rotatable bonds is 1. The van der Waals surface area contributed by atoms with Crippen LogP contribution in [0.15, 0.2) is 23.3 Å². The normalized spacial score (nSPS) is 46.9. The standard InChI is InChI=1S/C25H36O4/c1-4-17-6-8-20-19-7-5-18-15-24(26-11-12-27-24)25(28-13-14-29-25)16-23(18,3)21(19)9-10-22(17,20)2/h5,7,17,20-21H,4,6,8-16H2,1-3H3/t17-,20-,21-,22+,23-/m0/s1. The molecular formula is C25H36O4. The molecular weight excluding hydrogens is 364 g/mol. The highest BCUT2D eigenvalue weighted by molar-refractivity contribution is 5.40. The summed E-state index contributed by atoms with van der Waals surface area (Å²) in [5.74, 6) is 0.719. The average molecular weight is 401 g/mol. The second-order valence-electron chi connectivity index (χ2n) is 10.9. The molecule has 6 aliphatic rings. The molecule has 6 rings (SSSR count). The van der Waals surface area contributed by atoms with Crippen LogP contribution in [0.5, 0.6) is 0 Å². The lowest BCUT2D eigenvalue weighted by atomic mass is 9.49. The molecule has 0 radical (unpaired) electrons. The first-order chi connectivity index (χ1) is 14.0. The van der Waals surface area contributed by atoms with Gasteiger partial charge in [-0.05, 0) is 48.9 Å². The summed E-state index contributed by atoms with van der Waals surface area (Å²) in [6.07, 6.45) is 13.3. The Morgan fingerprint density at radius 1 is 0.862 bits per heavy atom. The van der Waals surface area contributed by atoms with E-state index in [2.05, 4.69) is 32.9 Å². The quantitative estimate of drug-likeness (QED) is 0.621. The lowest BCUT2D eigenvalue weighted by Gasteiger charge is -2.59. The van der Waals surface area contributed by atoms with Gasteiger partial charge in [0, 0.05) is 18.3 Å². The Kier molecular flexibility index (Phi) is 4.06. The first-order valence-electron chi connectivity index (χ1n) is 11.9. The zero-order chi connectivity index (χ0) is 19.9. The predicted octanol–water partition coefficient (Wildman–Crippen LogP) is 4.99. The van der Waals surface area contributed by atoms with Crippen LogP contribution in [-0.4, -0.2) is 38.0 Å². The van der Waals surface area contributed by atoms with E-state index in [1.54, 1.807) is 5.57 Å². The lowest BCUT2D eigenvalue weighted by molar-refractivity contribution is -0.366. The highest BCUT2D eigenvalue weighted by Crippen LogP contribution is 2.68. The highest BCUT2D eigenvalue weighted by atomic mass is 16.8. The van der Waals surface area contributed by atoms with E-state index in [1.807, 2.05) is 0 Å². The lowest BCUT2D eigenvalue weighted by Crippen LogP contribution is -2.64. The summed E-state index contributed by atoms with van der Waals surface area (Å²) in [6.45, 7) is 9.97. The number of hydrogen-bond acceptors (Lipinski definition) is 4. The molecule has 4 heteroatoms. The topological polar surface area (TPSA) is 36.9 Å². The monoisotopic (exact) mass is 400 g/mol. The van der Waals surface area contributed by atoms with Gasteiger partial charge in [0.15, 0.2) is 0 Å². The van der Waals surface area contributed by atoms with Crippen molar-refractivity contribution in [1.29, 1.82) is 0 Å². The van der Waals surface area contributed by atoms with Gasteiger partial charge in [0.25, 0.3) is 0 Å². The van der Waals surface area contributed by atoms with Gasteiger partial charge >= 0.3 is 0 Å². The molecule has 4 nitrogen and oxygen atoms in total. The van der Waals surface area contributed by atoms with E-state index in [-0.39, 0.29) is 5.41 Å². The van der Waals surface area contributed by atoms with Gasteiger partial charge in [-0.25, -0.2) is 0 Å². The fourth-order valence-corrected chi connectivity index (χ4v) is 8.36. The largest absolute Gasteiger partial charge is 0.343 e. The van der Waals surface area contributed by atoms with Crippen molar-refractivity contribution in [3.63, 3.8) is 0 Å². The molecule has 0 aromatic heterocycles. The van der Waals surface area contributed by atoms with Crippen LogP contribution in [0.25, 0.3) is 0 Å². The molecule has 160 valence electrons. The van der Waals surface area contributed by atoms with E-state index < -0.39 is 11.6 Å². The maximum Gasteiger partial charge on any atom is 0.227 e. The van der Waals surface area contributed by atoms with Gasteiger partial charge in [-0.15, -0.1) is 0 Å². The third kappa shape index (κ3) is 2.30. The van der Waals surface area contributed by atoms with E-state index in [9.17, 15) is 0 Å². The van der Waals surface area contributed by atoms with E-state index in [0.29, 0.717) is 37.8 Å². The summed E-state index contributed by atoms with van der Waals surface area (Å²) in [4.78, 5) is 0. The molecule has 2 saturated heterocycles. The first kappa shape index (κ1) is 19.0. The van der Waals surface area contributed by atoms with Crippen molar-refractivity contribution >= 4 is 0 Å². The first-order valence-corrected chi connectivity index (χ1v) is 11.9.